The first-order valence-corrected chi connectivity index (χ1v) is 10.3. The summed E-state index contributed by atoms with van der Waals surface area (Å²) in [6, 6.07) is 14.5. The largest absolute Gasteiger partial charge is 0.484 e. The van der Waals surface area contributed by atoms with E-state index >= 15 is 0 Å². The van der Waals surface area contributed by atoms with Gasteiger partial charge < -0.3 is 25.0 Å². The van der Waals surface area contributed by atoms with E-state index in [0.29, 0.717) is 5.75 Å². The maximum atomic E-state index is 11.8. The lowest BCUT2D eigenvalue weighted by Gasteiger charge is -2.11. The molecule has 0 radical (unpaired) electrons. The van der Waals surface area contributed by atoms with Crippen molar-refractivity contribution in [2.75, 3.05) is 25.4 Å². The van der Waals surface area contributed by atoms with E-state index in [2.05, 4.69) is 10.6 Å². The number of amides is 1. The van der Waals surface area contributed by atoms with Crippen LogP contribution in [-0.2, 0) is 22.5 Å². The Hall–Kier alpha value is -2.50. The van der Waals surface area contributed by atoms with Crippen LogP contribution in [0.5, 0.6) is 5.75 Å². The number of carbonyl (C=O) groups excluding carboxylic acids is 1. The quantitative estimate of drug-likeness (QED) is 0.609. The van der Waals surface area contributed by atoms with Crippen molar-refractivity contribution in [1.29, 1.82) is 0 Å². The van der Waals surface area contributed by atoms with E-state index in [1.807, 2.05) is 37.4 Å². The first kappa shape index (κ1) is 19.8. The Balaban J connectivity index is 1.78. The van der Waals surface area contributed by atoms with Gasteiger partial charge >= 0.3 is 6.09 Å². The second kappa shape index (κ2) is 9.27. The Labute approximate surface area is 152 Å². The van der Waals surface area contributed by atoms with E-state index in [1.54, 1.807) is 18.2 Å². The van der Waals surface area contributed by atoms with Crippen LogP contribution >= 0.6 is 7.37 Å². The SMILES string of the molecule is CNc1ccc(COC(=O)NCc2cccc(OCP(C)(=O)O)c2)cc1. The molecule has 2 rings (SSSR count). The fourth-order valence-electron chi connectivity index (χ4n) is 2.08. The molecule has 0 spiro atoms. The molecule has 0 heterocycles. The molecule has 0 saturated heterocycles. The average molecular weight is 378 g/mol. The molecule has 0 fully saturated rings. The van der Waals surface area contributed by atoms with Crippen molar-refractivity contribution < 1.29 is 23.7 Å². The van der Waals surface area contributed by atoms with Crippen LogP contribution in [0.25, 0.3) is 0 Å². The van der Waals surface area contributed by atoms with Crippen molar-refractivity contribution in [1.82, 2.24) is 5.32 Å². The number of hydrogen-bond donors (Lipinski definition) is 3. The number of nitrogens with one attached hydrogen (secondary N) is 2. The summed E-state index contributed by atoms with van der Waals surface area (Å²) >= 11 is 0. The van der Waals surface area contributed by atoms with Gasteiger partial charge in [-0.05, 0) is 35.4 Å². The smallest absolute Gasteiger partial charge is 0.407 e. The van der Waals surface area contributed by atoms with E-state index in [-0.39, 0.29) is 19.5 Å². The predicted molar refractivity (Wildman–Crippen MR) is 101 cm³/mol. The minimum absolute atomic E-state index is 0.182. The topological polar surface area (TPSA) is 96.9 Å². The lowest BCUT2D eigenvalue weighted by molar-refractivity contribution is 0.139. The second-order valence-corrected chi connectivity index (χ2v) is 8.21. The van der Waals surface area contributed by atoms with Gasteiger partial charge in [0, 0.05) is 25.9 Å². The summed E-state index contributed by atoms with van der Waals surface area (Å²) in [5, 5.41) is 5.68. The predicted octanol–water partition coefficient (Wildman–Crippen LogP) is 3.39. The summed E-state index contributed by atoms with van der Waals surface area (Å²) in [5.41, 5.74) is 2.67. The van der Waals surface area contributed by atoms with Crippen molar-refractivity contribution in [2.45, 2.75) is 13.2 Å². The maximum absolute atomic E-state index is 11.8. The highest BCUT2D eigenvalue weighted by Crippen LogP contribution is 2.35. The van der Waals surface area contributed by atoms with E-state index in [1.165, 1.54) is 6.66 Å². The van der Waals surface area contributed by atoms with Crippen LogP contribution in [0.4, 0.5) is 10.5 Å². The summed E-state index contributed by atoms with van der Waals surface area (Å²) in [4.78, 5) is 21.1. The molecule has 0 aromatic heterocycles. The minimum atomic E-state index is -3.24. The van der Waals surface area contributed by atoms with E-state index in [4.69, 9.17) is 9.47 Å². The summed E-state index contributed by atoms with van der Waals surface area (Å²) in [5.74, 6) is 0.471. The lowest BCUT2D eigenvalue weighted by atomic mass is 10.2. The molecule has 8 heteroatoms. The normalized spacial score (nSPS) is 12.7. The van der Waals surface area contributed by atoms with Crippen molar-refractivity contribution >= 4 is 19.1 Å². The highest BCUT2D eigenvalue weighted by Gasteiger charge is 2.10. The molecule has 7 nitrogen and oxygen atoms in total. The zero-order valence-electron chi connectivity index (χ0n) is 14.8. The van der Waals surface area contributed by atoms with Gasteiger partial charge in [-0.15, -0.1) is 0 Å². The number of carbonyl (C=O) groups is 1. The monoisotopic (exact) mass is 378 g/mol. The van der Waals surface area contributed by atoms with E-state index in [9.17, 15) is 14.3 Å². The third-order valence-electron chi connectivity index (χ3n) is 3.42. The summed E-state index contributed by atoms with van der Waals surface area (Å²) in [7, 11) is -1.40. The number of hydrogen-bond acceptors (Lipinski definition) is 5. The van der Waals surface area contributed by atoms with Crippen LogP contribution in [0.15, 0.2) is 48.5 Å². The van der Waals surface area contributed by atoms with Gasteiger partial charge in [0.25, 0.3) is 0 Å². The zero-order valence-corrected chi connectivity index (χ0v) is 15.7. The second-order valence-electron chi connectivity index (χ2n) is 5.85. The first-order valence-electron chi connectivity index (χ1n) is 8.04. The molecule has 0 aliphatic heterocycles. The van der Waals surface area contributed by atoms with E-state index < -0.39 is 13.5 Å². The first-order chi connectivity index (χ1) is 12.4. The van der Waals surface area contributed by atoms with Crippen molar-refractivity contribution in [3.8, 4) is 5.75 Å². The van der Waals surface area contributed by atoms with Gasteiger partial charge in [0.1, 0.15) is 12.4 Å². The third kappa shape index (κ3) is 7.17. The highest BCUT2D eigenvalue weighted by atomic mass is 31.2. The molecular weight excluding hydrogens is 355 g/mol. The van der Waals surface area contributed by atoms with Crippen molar-refractivity contribution in [2.24, 2.45) is 0 Å². The zero-order chi connectivity index (χ0) is 19.0. The Kier molecular flexibility index (Phi) is 7.06. The molecule has 3 N–H and O–H groups in total. The molecule has 2 aromatic rings. The molecule has 0 aliphatic rings. The summed E-state index contributed by atoms with van der Waals surface area (Å²) in [6.07, 6.45) is -0.777. The van der Waals surface area contributed by atoms with Gasteiger partial charge in [-0.25, -0.2) is 4.79 Å². The number of ether oxygens (including phenoxy) is 2. The molecule has 140 valence electrons. The van der Waals surface area contributed by atoms with Crippen LogP contribution in [0.1, 0.15) is 11.1 Å². The third-order valence-corrected chi connectivity index (χ3v) is 4.03. The fraction of sp³-hybridized carbons (Fsp3) is 0.278. The molecule has 1 amide bonds. The molecule has 0 bridgehead atoms. The van der Waals surface area contributed by atoms with Gasteiger partial charge in [0.05, 0.1) is 0 Å². The lowest BCUT2D eigenvalue weighted by Crippen LogP contribution is -2.23. The molecule has 1 unspecified atom stereocenters. The summed E-state index contributed by atoms with van der Waals surface area (Å²) in [6.45, 7) is 1.68. The van der Waals surface area contributed by atoms with Gasteiger partial charge in [0.2, 0.25) is 7.37 Å². The number of alkyl carbamates (subject to hydrolysis) is 1. The van der Waals surface area contributed by atoms with Crippen LogP contribution in [0.3, 0.4) is 0 Å². The number of benzene rings is 2. The van der Waals surface area contributed by atoms with Crippen LogP contribution in [0, 0.1) is 0 Å². The van der Waals surface area contributed by atoms with Gasteiger partial charge in [0.15, 0.2) is 6.35 Å². The van der Waals surface area contributed by atoms with Crippen molar-refractivity contribution in [3.05, 3.63) is 59.7 Å². The van der Waals surface area contributed by atoms with Gasteiger partial charge in [-0.3, -0.25) is 4.57 Å². The standard InChI is InChI=1S/C18H23N2O5P/c1-19-16-8-6-14(7-9-16)12-24-18(21)20-11-15-4-3-5-17(10-15)25-13-26(2,22)23/h3-10,19H,11-13H2,1-2H3,(H,20,21)(H,22,23). The Morgan fingerprint density at radius 2 is 1.88 bits per heavy atom. The van der Waals surface area contributed by atoms with Crippen molar-refractivity contribution in [3.63, 3.8) is 0 Å². The fourth-order valence-corrected chi connectivity index (χ4v) is 2.47. The molecule has 1 atom stereocenters. The molecule has 2 aromatic carbocycles. The minimum Gasteiger partial charge on any atom is -0.484 e. The molecule has 0 saturated carbocycles. The number of anilines is 1. The molecule has 26 heavy (non-hydrogen) atoms. The Morgan fingerprint density at radius 3 is 2.54 bits per heavy atom. The van der Waals surface area contributed by atoms with Crippen LogP contribution in [-0.4, -0.2) is 31.0 Å². The number of rotatable bonds is 8. The average Bonchev–Trinajstić information content (AvgIpc) is 2.63. The highest BCUT2D eigenvalue weighted by molar-refractivity contribution is 7.56. The van der Waals surface area contributed by atoms with E-state index in [0.717, 1.165) is 16.8 Å². The van der Waals surface area contributed by atoms with Gasteiger partial charge in [-0.1, -0.05) is 24.3 Å². The maximum Gasteiger partial charge on any atom is 0.407 e. The van der Waals surface area contributed by atoms with Crippen LogP contribution in [0.2, 0.25) is 0 Å². The summed E-state index contributed by atoms with van der Waals surface area (Å²) < 4.78 is 21.7. The Morgan fingerprint density at radius 1 is 1.15 bits per heavy atom. The van der Waals surface area contributed by atoms with Crippen LogP contribution < -0.4 is 15.4 Å². The van der Waals surface area contributed by atoms with Gasteiger partial charge in [-0.2, -0.15) is 0 Å². The Bertz CT molecular complexity index is 773. The molecule has 0 aliphatic carbocycles. The molecular formula is C18H23N2O5P.